The van der Waals surface area contributed by atoms with E-state index in [0.717, 1.165) is 12.1 Å². The van der Waals surface area contributed by atoms with Crippen LogP contribution in [0.5, 0.6) is 0 Å². The Kier molecular flexibility index (Phi) is 5.12. The van der Waals surface area contributed by atoms with Crippen LogP contribution in [0.3, 0.4) is 0 Å². The number of amides is 2. The van der Waals surface area contributed by atoms with Gasteiger partial charge in [-0.05, 0) is 30.5 Å². The van der Waals surface area contributed by atoms with E-state index in [0.29, 0.717) is 24.6 Å². The number of benzene rings is 1. The molecule has 0 aliphatic heterocycles. The van der Waals surface area contributed by atoms with Crippen molar-refractivity contribution in [2.45, 2.75) is 31.8 Å². The Hall–Kier alpha value is -1.88. The average molecular weight is 275 g/mol. The summed E-state index contributed by atoms with van der Waals surface area (Å²) in [4.78, 5) is 23.0. The molecule has 0 heterocycles. The minimum Gasteiger partial charge on any atom is -0.355 e. The van der Waals surface area contributed by atoms with Gasteiger partial charge in [0.2, 0.25) is 5.91 Å². The fourth-order valence-corrected chi connectivity index (χ4v) is 1.88. The van der Waals surface area contributed by atoms with E-state index in [1.165, 1.54) is 12.8 Å². The highest BCUT2D eigenvalue weighted by atomic mass is 16.2. The standard InChI is InChI=1S/C15H21N3O2/c1-16-15(20)12-4-2-11(3-5-12)10-18-14(19)8-9-17-13-6-7-13/h2-5,13,17H,6-10H2,1H3,(H,16,20)(H,18,19). The first-order valence-corrected chi connectivity index (χ1v) is 7.00. The van der Waals surface area contributed by atoms with Crippen LogP contribution in [0.1, 0.15) is 35.2 Å². The predicted molar refractivity (Wildman–Crippen MR) is 77.3 cm³/mol. The van der Waals surface area contributed by atoms with E-state index >= 15 is 0 Å². The lowest BCUT2D eigenvalue weighted by atomic mass is 10.1. The van der Waals surface area contributed by atoms with E-state index in [-0.39, 0.29) is 11.8 Å². The van der Waals surface area contributed by atoms with Gasteiger partial charge in [-0.15, -0.1) is 0 Å². The number of rotatable bonds is 7. The third kappa shape index (κ3) is 4.66. The molecule has 1 fully saturated rings. The molecule has 1 aromatic carbocycles. The summed E-state index contributed by atoms with van der Waals surface area (Å²) in [5.74, 6) is -0.0553. The van der Waals surface area contributed by atoms with Gasteiger partial charge in [-0.25, -0.2) is 0 Å². The molecule has 3 N–H and O–H groups in total. The van der Waals surface area contributed by atoms with E-state index in [9.17, 15) is 9.59 Å². The summed E-state index contributed by atoms with van der Waals surface area (Å²) >= 11 is 0. The molecule has 0 atom stereocenters. The number of carbonyl (C=O) groups is 2. The van der Waals surface area contributed by atoms with Gasteiger partial charge in [0.05, 0.1) is 0 Å². The fourth-order valence-electron chi connectivity index (χ4n) is 1.88. The maximum atomic E-state index is 11.6. The molecule has 0 radical (unpaired) electrons. The normalized spacial score (nSPS) is 13.8. The summed E-state index contributed by atoms with van der Waals surface area (Å²) in [6.45, 7) is 1.24. The second-order valence-corrected chi connectivity index (χ2v) is 5.03. The van der Waals surface area contributed by atoms with Crippen LogP contribution < -0.4 is 16.0 Å². The zero-order valence-electron chi connectivity index (χ0n) is 11.7. The van der Waals surface area contributed by atoms with E-state index in [1.807, 2.05) is 12.1 Å². The molecule has 1 saturated carbocycles. The molecule has 1 aromatic rings. The first kappa shape index (κ1) is 14.5. The average Bonchev–Trinajstić information content (AvgIpc) is 3.29. The molecule has 1 aliphatic rings. The van der Waals surface area contributed by atoms with Crippen molar-refractivity contribution in [2.24, 2.45) is 0 Å². The molecule has 0 spiro atoms. The fraction of sp³-hybridized carbons (Fsp3) is 0.467. The zero-order chi connectivity index (χ0) is 14.4. The molecule has 5 nitrogen and oxygen atoms in total. The van der Waals surface area contributed by atoms with E-state index in [2.05, 4.69) is 16.0 Å². The van der Waals surface area contributed by atoms with Crippen LogP contribution in [0.15, 0.2) is 24.3 Å². The van der Waals surface area contributed by atoms with E-state index < -0.39 is 0 Å². The van der Waals surface area contributed by atoms with Crippen LogP contribution in [0, 0.1) is 0 Å². The smallest absolute Gasteiger partial charge is 0.251 e. The Bertz CT molecular complexity index is 467. The van der Waals surface area contributed by atoms with E-state index in [4.69, 9.17) is 0 Å². The number of hydrogen-bond donors (Lipinski definition) is 3. The third-order valence-corrected chi connectivity index (χ3v) is 3.30. The Balaban J connectivity index is 1.69. The van der Waals surface area contributed by atoms with Gasteiger partial charge >= 0.3 is 0 Å². The van der Waals surface area contributed by atoms with Gasteiger partial charge in [0, 0.05) is 38.2 Å². The van der Waals surface area contributed by atoms with Crippen molar-refractivity contribution in [3.8, 4) is 0 Å². The number of nitrogens with one attached hydrogen (secondary N) is 3. The zero-order valence-corrected chi connectivity index (χ0v) is 11.7. The lowest BCUT2D eigenvalue weighted by Crippen LogP contribution is -2.28. The molecular weight excluding hydrogens is 254 g/mol. The van der Waals surface area contributed by atoms with Crippen molar-refractivity contribution in [2.75, 3.05) is 13.6 Å². The highest BCUT2D eigenvalue weighted by Gasteiger charge is 2.19. The van der Waals surface area contributed by atoms with Crippen molar-refractivity contribution in [3.63, 3.8) is 0 Å². The highest BCUT2D eigenvalue weighted by molar-refractivity contribution is 5.93. The summed E-state index contributed by atoms with van der Waals surface area (Å²) in [5.41, 5.74) is 1.61. The number of hydrogen-bond acceptors (Lipinski definition) is 3. The first-order valence-electron chi connectivity index (χ1n) is 7.00. The summed E-state index contributed by atoms with van der Waals surface area (Å²) < 4.78 is 0. The van der Waals surface area contributed by atoms with Crippen LogP contribution in [-0.4, -0.2) is 31.4 Å². The maximum Gasteiger partial charge on any atom is 0.251 e. The quantitative estimate of drug-likeness (QED) is 0.689. The van der Waals surface area contributed by atoms with Crippen LogP contribution in [0.4, 0.5) is 0 Å². The lowest BCUT2D eigenvalue weighted by molar-refractivity contribution is -0.121. The Morgan fingerprint density at radius 2 is 1.90 bits per heavy atom. The molecule has 1 aliphatic carbocycles. The SMILES string of the molecule is CNC(=O)c1ccc(CNC(=O)CCNC2CC2)cc1. The molecule has 5 heteroatoms. The van der Waals surface area contributed by atoms with Crippen LogP contribution >= 0.6 is 0 Å². The molecule has 108 valence electrons. The van der Waals surface area contributed by atoms with E-state index in [1.54, 1.807) is 19.2 Å². The van der Waals surface area contributed by atoms with Gasteiger partial charge in [0.15, 0.2) is 0 Å². The van der Waals surface area contributed by atoms with Gasteiger partial charge < -0.3 is 16.0 Å². The van der Waals surface area contributed by atoms with Gasteiger partial charge in [0.25, 0.3) is 5.91 Å². The van der Waals surface area contributed by atoms with Crippen molar-refractivity contribution >= 4 is 11.8 Å². The summed E-state index contributed by atoms with van der Waals surface area (Å²) in [5, 5.41) is 8.76. The predicted octanol–water partition coefficient (Wildman–Crippen LogP) is 0.804. The Labute approximate surface area is 119 Å². The number of carbonyl (C=O) groups excluding carboxylic acids is 2. The topological polar surface area (TPSA) is 70.2 Å². The van der Waals surface area contributed by atoms with Crippen LogP contribution in [0.25, 0.3) is 0 Å². The van der Waals surface area contributed by atoms with Crippen molar-refractivity contribution in [3.05, 3.63) is 35.4 Å². The minimum absolute atomic E-state index is 0.0496. The molecule has 0 bridgehead atoms. The van der Waals surface area contributed by atoms with Crippen LogP contribution in [-0.2, 0) is 11.3 Å². The van der Waals surface area contributed by atoms with Crippen molar-refractivity contribution in [1.82, 2.24) is 16.0 Å². The lowest BCUT2D eigenvalue weighted by Gasteiger charge is -2.07. The monoisotopic (exact) mass is 275 g/mol. The second kappa shape index (κ2) is 7.05. The summed E-state index contributed by atoms with van der Waals surface area (Å²) in [7, 11) is 1.60. The molecule has 0 aromatic heterocycles. The molecule has 20 heavy (non-hydrogen) atoms. The molecule has 2 rings (SSSR count). The van der Waals surface area contributed by atoms with Gasteiger partial charge in [-0.1, -0.05) is 12.1 Å². The largest absolute Gasteiger partial charge is 0.355 e. The maximum absolute atomic E-state index is 11.6. The first-order chi connectivity index (χ1) is 9.69. The highest BCUT2D eigenvalue weighted by Crippen LogP contribution is 2.18. The molecule has 0 saturated heterocycles. The summed E-state index contributed by atoms with van der Waals surface area (Å²) in [6.07, 6.45) is 2.98. The minimum atomic E-state index is -0.105. The Morgan fingerprint density at radius 3 is 2.50 bits per heavy atom. The molecular formula is C15H21N3O2. The molecule has 0 unspecified atom stereocenters. The van der Waals surface area contributed by atoms with Crippen LogP contribution in [0.2, 0.25) is 0 Å². The third-order valence-electron chi connectivity index (χ3n) is 3.30. The molecule has 2 amide bonds. The van der Waals surface area contributed by atoms with Gasteiger partial charge in [0.1, 0.15) is 0 Å². The van der Waals surface area contributed by atoms with Gasteiger partial charge in [-0.3, -0.25) is 9.59 Å². The van der Waals surface area contributed by atoms with Crippen molar-refractivity contribution < 1.29 is 9.59 Å². The second-order valence-electron chi connectivity index (χ2n) is 5.03. The van der Waals surface area contributed by atoms with Gasteiger partial charge in [-0.2, -0.15) is 0 Å². The Morgan fingerprint density at radius 1 is 1.20 bits per heavy atom. The summed E-state index contributed by atoms with van der Waals surface area (Å²) in [6, 6.07) is 7.87. The van der Waals surface area contributed by atoms with Crippen molar-refractivity contribution in [1.29, 1.82) is 0 Å².